The van der Waals surface area contributed by atoms with Gasteiger partial charge in [0.05, 0.1) is 0 Å². The molecule has 1 amide bonds. The first kappa shape index (κ1) is 12.4. The van der Waals surface area contributed by atoms with Crippen molar-refractivity contribution >= 4 is 33.5 Å². The summed E-state index contributed by atoms with van der Waals surface area (Å²) in [6.45, 7) is 0.621. The molecule has 4 nitrogen and oxygen atoms in total. The van der Waals surface area contributed by atoms with Gasteiger partial charge >= 0.3 is 0 Å². The van der Waals surface area contributed by atoms with Crippen LogP contribution in [0.1, 0.15) is 6.42 Å². The fraction of sp³-hybridized carbons (Fsp3) is 0.235. The molecule has 1 aliphatic rings. The Balaban J connectivity index is 1.80. The molecule has 0 spiro atoms. The first-order valence-electron chi connectivity index (χ1n) is 7.09. The predicted molar refractivity (Wildman–Crippen MR) is 81.3 cm³/mol. The fourth-order valence-electron chi connectivity index (χ4n) is 3.04. The number of benzene rings is 2. The van der Waals surface area contributed by atoms with Crippen molar-refractivity contribution in [2.45, 2.75) is 6.42 Å². The molecule has 106 valence electrons. The minimum Gasteiger partial charge on any atom is -0.456 e. The lowest BCUT2D eigenvalue weighted by Crippen LogP contribution is -2.24. The van der Waals surface area contributed by atoms with E-state index in [2.05, 4.69) is 0 Å². The highest BCUT2D eigenvalue weighted by molar-refractivity contribution is 6.06. The largest absolute Gasteiger partial charge is 0.456 e. The molecule has 1 atom stereocenters. The van der Waals surface area contributed by atoms with Gasteiger partial charge in [0.15, 0.2) is 0 Å². The summed E-state index contributed by atoms with van der Waals surface area (Å²) in [5.74, 6) is 0.0911. The minimum absolute atomic E-state index is 0.0314. The zero-order valence-electron chi connectivity index (χ0n) is 11.5. The average Bonchev–Trinajstić information content (AvgIpc) is 3.06. The van der Waals surface area contributed by atoms with Crippen molar-refractivity contribution in [3.8, 4) is 0 Å². The molecule has 4 heteroatoms. The molecule has 4 rings (SSSR count). The van der Waals surface area contributed by atoms with E-state index >= 15 is 0 Å². The van der Waals surface area contributed by atoms with Gasteiger partial charge in [-0.05, 0) is 18.2 Å². The highest BCUT2D eigenvalue weighted by atomic mass is 16.3. The van der Waals surface area contributed by atoms with Crippen molar-refractivity contribution in [1.82, 2.24) is 0 Å². The summed E-state index contributed by atoms with van der Waals surface area (Å²) >= 11 is 0. The van der Waals surface area contributed by atoms with Crippen molar-refractivity contribution in [1.29, 1.82) is 0 Å². The minimum atomic E-state index is 0.0314. The van der Waals surface area contributed by atoms with Gasteiger partial charge in [-0.15, -0.1) is 0 Å². The van der Waals surface area contributed by atoms with Crippen LogP contribution in [-0.4, -0.2) is 24.2 Å². The molecule has 2 heterocycles. The van der Waals surface area contributed by atoms with E-state index in [0.717, 1.165) is 27.6 Å². The van der Waals surface area contributed by atoms with Crippen LogP contribution in [0.2, 0.25) is 0 Å². The lowest BCUT2D eigenvalue weighted by atomic mass is 10.1. The summed E-state index contributed by atoms with van der Waals surface area (Å²) < 4.78 is 5.85. The average molecular weight is 281 g/mol. The van der Waals surface area contributed by atoms with Crippen LogP contribution in [0.3, 0.4) is 0 Å². The second-order valence-corrected chi connectivity index (χ2v) is 5.54. The lowest BCUT2D eigenvalue weighted by molar-refractivity contribution is -0.117. The molecule has 0 radical (unpaired) electrons. The number of furan rings is 1. The number of rotatable bonds is 2. The topological polar surface area (TPSA) is 53.7 Å². The van der Waals surface area contributed by atoms with Gasteiger partial charge in [-0.1, -0.05) is 18.2 Å². The molecule has 0 aliphatic carbocycles. The summed E-state index contributed by atoms with van der Waals surface area (Å²) in [6.07, 6.45) is 0.411. The summed E-state index contributed by atoms with van der Waals surface area (Å²) in [5, 5.41) is 11.4. The van der Waals surface area contributed by atoms with Gasteiger partial charge in [0.2, 0.25) is 5.91 Å². The number of aliphatic hydroxyl groups is 1. The molecule has 21 heavy (non-hydrogen) atoms. The summed E-state index contributed by atoms with van der Waals surface area (Å²) in [4.78, 5) is 13.8. The molecule has 0 saturated carbocycles. The van der Waals surface area contributed by atoms with Crippen LogP contribution < -0.4 is 4.90 Å². The third kappa shape index (κ3) is 1.91. The maximum absolute atomic E-state index is 12.0. The van der Waals surface area contributed by atoms with E-state index in [9.17, 15) is 9.90 Å². The van der Waals surface area contributed by atoms with E-state index in [-0.39, 0.29) is 18.4 Å². The summed E-state index contributed by atoms with van der Waals surface area (Å²) in [5.41, 5.74) is 2.47. The Hall–Kier alpha value is -2.33. The Morgan fingerprint density at radius 3 is 2.76 bits per heavy atom. The Morgan fingerprint density at radius 1 is 1.14 bits per heavy atom. The number of amides is 1. The highest BCUT2D eigenvalue weighted by Crippen LogP contribution is 2.33. The predicted octanol–water partition coefficient (Wildman–Crippen LogP) is 2.93. The van der Waals surface area contributed by atoms with Crippen LogP contribution in [0.5, 0.6) is 0 Å². The fourth-order valence-corrected chi connectivity index (χ4v) is 3.04. The van der Waals surface area contributed by atoms with Crippen molar-refractivity contribution in [2.24, 2.45) is 5.92 Å². The molecule has 1 aliphatic heterocycles. The molecular weight excluding hydrogens is 266 g/mol. The van der Waals surface area contributed by atoms with Crippen LogP contribution in [-0.2, 0) is 4.79 Å². The second-order valence-electron chi connectivity index (χ2n) is 5.54. The number of para-hydroxylation sites is 1. The SMILES string of the molecule is O=C1CC(CO)CN1c1ccc2c(c1)oc1ccccc12. The maximum Gasteiger partial charge on any atom is 0.227 e. The molecule has 1 fully saturated rings. The molecule has 0 bridgehead atoms. The second kappa shape index (κ2) is 4.60. The van der Waals surface area contributed by atoms with Gasteiger partial charge in [-0.2, -0.15) is 0 Å². The monoisotopic (exact) mass is 281 g/mol. The number of carbonyl (C=O) groups excluding carboxylic acids is 1. The van der Waals surface area contributed by atoms with Gasteiger partial charge in [0, 0.05) is 48.0 Å². The quantitative estimate of drug-likeness (QED) is 0.785. The van der Waals surface area contributed by atoms with Crippen LogP contribution in [0.15, 0.2) is 46.9 Å². The van der Waals surface area contributed by atoms with E-state index in [0.29, 0.717) is 13.0 Å². The Labute approximate surface area is 121 Å². The zero-order chi connectivity index (χ0) is 14.4. The van der Waals surface area contributed by atoms with Gasteiger partial charge in [0.25, 0.3) is 0 Å². The van der Waals surface area contributed by atoms with Gasteiger partial charge < -0.3 is 14.4 Å². The molecule has 1 unspecified atom stereocenters. The molecule has 2 aromatic carbocycles. The van der Waals surface area contributed by atoms with Crippen molar-refractivity contribution in [2.75, 3.05) is 18.1 Å². The third-order valence-corrected chi connectivity index (χ3v) is 4.14. The van der Waals surface area contributed by atoms with E-state index in [1.165, 1.54) is 0 Å². The van der Waals surface area contributed by atoms with Crippen molar-refractivity contribution in [3.05, 3.63) is 42.5 Å². The third-order valence-electron chi connectivity index (χ3n) is 4.14. The van der Waals surface area contributed by atoms with Crippen molar-refractivity contribution in [3.63, 3.8) is 0 Å². The van der Waals surface area contributed by atoms with Crippen LogP contribution in [0, 0.1) is 5.92 Å². The van der Waals surface area contributed by atoms with Gasteiger partial charge in [0.1, 0.15) is 11.2 Å². The Morgan fingerprint density at radius 2 is 1.95 bits per heavy atom. The lowest BCUT2D eigenvalue weighted by Gasteiger charge is -2.16. The highest BCUT2D eigenvalue weighted by Gasteiger charge is 2.30. The number of carbonyl (C=O) groups is 1. The number of nitrogens with zero attached hydrogens (tertiary/aromatic N) is 1. The first-order valence-corrected chi connectivity index (χ1v) is 7.09. The number of hydrogen-bond donors (Lipinski definition) is 1. The Bertz CT molecular complexity index is 836. The smallest absolute Gasteiger partial charge is 0.227 e. The number of anilines is 1. The zero-order valence-corrected chi connectivity index (χ0v) is 11.5. The number of fused-ring (bicyclic) bond motifs is 3. The van der Waals surface area contributed by atoms with Gasteiger partial charge in [-0.25, -0.2) is 0 Å². The molecule has 1 aromatic heterocycles. The molecule has 3 aromatic rings. The standard InChI is InChI=1S/C17H15NO3/c19-10-11-7-17(20)18(9-11)12-5-6-14-13-3-1-2-4-15(13)21-16(14)8-12/h1-6,8,11,19H,7,9-10H2. The van der Waals surface area contributed by atoms with Crippen molar-refractivity contribution < 1.29 is 14.3 Å². The summed E-state index contributed by atoms with van der Waals surface area (Å²) in [7, 11) is 0. The normalized spacial score (nSPS) is 19.0. The van der Waals surface area contributed by atoms with Crippen LogP contribution in [0.25, 0.3) is 21.9 Å². The van der Waals surface area contributed by atoms with E-state index < -0.39 is 0 Å². The first-order chi connectivity index (χ1) is 10.3. The Kier molecular flexibility index (Phi) is 2.72. The molecule has 1 saturated heterocycles. The molecular formula is C17H15NO3. The number of aliphatic hydroxyl groups excluding tert-OH is 1. The van der Waals surface area contributed by atoms with Gasteiger partial charge in [-0.3, -0.25) is 4.79 Å². The van der Waals surface area contributed by atoms with E-state index in [1.807, 2.05) is 42.5 Å². The number of hydrogen-bond acceptors (Lipinski definition) is 3. The molecule has 1 N–H and O–H groups in total. The van der Waals surface area contributed by atoms with Crippen LogP contribution >= 0.6 is 0 Å². The van der Waals surface area contributed by atoms with E-state index in [4.69, 9.17) is 4.42 Å². The maximum atomic E-state index is 12.0. The van der Waals surface area contributed by atoms with Crippen LogP contribution in [0.4, 0.5) is 5.69 Å². The summed E-state index contributed by atoms with van der Waals surface area (Å²) in [6, 6.07) is 13.8. The van der Waals surface area contributed by atoms with E-state index in [1.54, 1.807) is 4.90 Å².